The molecule has 7 heteroatoms. The highest BCUT2D eigenvalue weighted by atomic mass is 32.1. The summed E-state index contributed by atoms with van der Waals surface area (Å²) in [6.45, 7) is 7.80. The summed E-state index contributed by atoms with van der Waals surface area (Å²) in [5.74, 6) is -0.109. The second-order valence-electron chi connectivity index (χ2n) is 7.80. The predicted octanol–water partition coefficient (Wildman–Crippen LogP) is 5.02. The van der Waals surface area contributed by atoms with Crippen LogP contribution in [-0.2, 0) is 11.3 Å². The Morgan fingerprint density at radius 2 is 1.72 bits per heavy atom. The number of thiazole rings is 1. The molecule has 0 aliphatic rings. The summed E-state index contributed by atoms with van der Waals surface area (Å²) >= 11 is 1.38. The molecule has 32 heavy (non-hydrogen) atoms. The largest absolute Gasteiger partial charge is 0.274 e. The van der Waals surface area contributed by atoms with E-state index in [9.17, 15) is 9.59 Å². The van der Waals surface area contributed by atoms with Crippen LogP contribution in [0.1, 0.15) is 29.3 Å². The van der Waals surface area contributed by atoms with Crippen LogP contribution in [-0.4, -0.2) is 20.7 Å². The third kappa shape index (κ3) is 4.38. The van der Waals surface area contributed by atoms with Crippen molar-refractivity contribution in [2.24, 2.45) is 0 Å². The molecule has 162 valence electrons. The maximum absolute atomic E-state index is 12.6. The molecule has 0 spiro atoms. The molecule has 0 saturated carbocycles. The van der Waals surface area contributed by atoms with E-state index in [1.54, 1.807) is 11.0 Å². The Hall–Kier alpha value is -3.58. The molecule has 0 N–H and O–H groups in total. The van der Waals surface area contributed by atoms with Crippen LogP contribution in [0.25, 0.3) is 11.3 Å². The zero-order valence-electron chi connectivity index (χ0n) is 18.5. The van der Waals surface area contributed by atoms with Crippen molar-refractivity contribution in [3.05, 3.63) is 92.7 Å². The second-order valence-corrected chi connectivity index (χ2v) is 8.64. The molecule has 0 bridgehead atoms. The van der Waals surface area contributed by atoms with E-state index in [0.717, 1.165) is 33.6 Å². The minimum absolute atomic E-state index is 0.109. The van der Waals surface area contributed by atoms with Crippen LogP contribution in [0.15, 0.2) is 64.8 Å². The van der Waals surface area contributed by atoms with Crippen molar-refractivity contribution in [3.8, 4) is 11.3 Å². The first-order chi connectivity index (χ1) is 15.3. The number of carbonyl (C=O) groups is 1. The minimum Gasteiger partial charge on any atom is -0.274 e. The molecule has 2 aromatic carbocycles. The molecule has 0 atom stereocenters. The van der Waals surface area contributed by atoms with Gasteiger partial charge in [0.25, 0.3) is 5.56 Å². The zero-order chi connectivity index (χ0) is 22.8. The van der Waals surface area contributed by atoms with Gasteiger partial charge >= 0.3 is 0 Å². The molecule has 0 unspecified atom stereocenters. The number of rotatable bonds is 5. The van der Waals surface area contributed by atoms with Gasteiger partial charge in [-0.3, -0.25) is 14.5 Å². The van der Waals surface area contributed by atoms with Gasteiger partial charge in [0.15, 0.2) is 5.13 Å². The van der Waals surface area contributed by atoms with Gasteiger partial charge in [0.1, 0.15) is 0 Å². The van der Waals surface area contributed by atoms with Gasteiger partial charge in [-0.05, 0) is 38.0 Å². The third-order valence-electron chi connectivity index (χ3n) is 5.15. The number of aryl methyl sites for hydroxylation is 3. The van der Waals surface area contributed by atoms with Gasteiger partial charge in [0.05, 0.1) is 23.6 Å². The Balaban J connectivity index is 1.67. The lowest BCUT2D eigenvalue weighted by atomic mass is 10.0. The average molecular weight is 445 g/mol. The normalized spacial score (nSPS) is 10.9. The number of aromatic nitrogens is 3. The maximum atomic E-state index is 12.6. The van der Waals surface area contributed by atoms with E-state index in [4.69, 9.17) is 0 Å². The Morgan fingerprint density at radius 1 is 1.03 bits per heavy atom. The topological polar surface area (TPSA) is 68.1 Å². The Bertz CT molecular complexity index is 1320. The summed E-state index contributed by atoms with van der Waals surface area (Å²) in [5, 5.41) is 6.96. The van der Waals surface area contributed by atoms with Crippen molar-refractivity contribution in [1.82, 2.24) is 14.8 Å². The molecule has 1 amide bonds. The number of benzene rings is 2. The molecule has 4 aromatic rings. The fourth-order valence-corrected chi connectivity index (χ4v) is 4.73. The predicted molar refractivity (Wildman–Crippen MR) is 129 cm³/mol. The standard InChI is InChI=1S/C25H24N4O2S/c1-16-12-17(2)24(18(3)13-16)29(19(4)30)25-26-21(15-32-25)14-28-23(31)11-10-22(27-28)20-8-6-5-7-9-20/h5-13,15H,14H2,1-4H3. The summed E-state index contributed by atoms with van der Waals surface area (Å²) in [7, 11) is 0. The van der Waals surface area contributed by atoms with Crippen LogP contribution >= 0.6 is 11.3 Å². The van der Waals surface area contributed by atoms with E-state index < -0.39 is 0 Å². The van der Waals surface area contributed by atoms with Crippen LogP contribution in [0.5, 0.6) is 0 Å². The molecule has 0 aliphatic carbocycles. The van der Waals surface area contributed by atoms with Crippen LogP contribution in [0.4, 0.5) is 10.8 Å². The minimum atomic E-state index is -0.201. The zero-order valence-corrected chi connectivity index (χ0v) is 19.3. The first-order valence-electron chi connectivity index (χ1n) is 10.3. The van der Waals surface area contributed by atoms with Gasteiger partial charge in [0, 0.05) is 23.9 Å². The van der Waals surface area contributed by atoms with Crippen molar-refractivity contribution in [2.75, 3.05) is 4.90 Å². The van der Waals surface area contributed by atoms with E-state index in [1.807, 2.05) is 56.5 Å². The van der Waals surface area contributed by atoms with E-state index in [-0.39, 0.29) is 18.0 Å². The molecule has 0 radical (unpaired) electrons. The maximum Gasteiger partial charge on any atom is 0.267 e. The molecule has 4 rings (SSSR count). The van der Waals surface area contributed by atoms with Crippen molar-refractivity contribution in [2.45, 2.75) is 34.2 Å². The Labute approximate surface area is 190 Å². The lowest BCUT2D eigenvalue weighted by molar-refractivity contribution is -0.115. The van der Waals surface area contributed by atoms with Crippen molar-refractivity contribution in [1.29, 1.82) is 0 Å². The number of nitrogens with zero attached hydrogens (tertiary/aromatic N) is 4. The first-order valence-corrected chi connectivity index (χ1v) is 11.2. The summed E-state index contributed by atoms with van der Waals surface area (Å²) in [4.78, 5) is 31.3. The molecular formula is C25H24N4O2S. The lowest BCUT2D eigenvalue weighted by Gasteiger charge is -2.23. The van der Waals surface area contributed by atoms with Crippen LogP contribution < -0.4 is 10.5 Å². The van der Waals surface area contributed by atoms with Gasteiger partial charge < -0.3 is 0 Å². The van der Waals surface area contributed by atoms with Gasteiger partial charge in [-0.2, -0.15) is 5.10 Å². The van der Waals surface area contributed by atoms with Gasteiger partial charge in [0.2, 0.25) is 5.91 Å². The van der Waals surface area contributed by atoms with Crippen molar-refractivity contribution >= 4 is 28.1 Å². The summed E-state index contributed by atoms with van der Waals surface area (Å²) in [6.07, 6.45) is 0. The molecule has 6 nitrogen and oxygen atoms in total. The molecular weight excluding hydrogens is 420 g/mol. The number of anilines is 2. The quantitative estimate of drug-likeness (QED) is 0.433. The summed E-state index contributed by atoms with van der Waals surface area (Å²) in [6, 6.07) is 17.1. The van der Waals surface area contributed by atoms with Crippen LogP contribution in [0.2, 0.25) is 0 Å². The van der Waals surface area contributed by atoms with Gasteiger partial charge in [-0.25, -0.2) is 9.67 Å². The smallest absolute Gasteiger partial charge is 0.267 e. The lowest BCUT2D eigenvalue weighted by Crippen LogP contribution is -2.25. The molecule has 0 aliphatic heterocycles. The highest BCUT2D eigenvalue weighted by Crippen LogP contribution is 2.34. The van der Waals surface area contributed by atoms with Crippen molar-refractivity contribution in [3.63, 3.8) is 0 Å². The number of hydrogen-bond donors (Lipinski definition) is 0. The molecule has 0 fully saturated rings. The number of amides is 1. The third-order valence-corrected chi connectivity index (χ3v) is 6.03. The Morgan fingerprint density at radius 3 is 2.38 bits per heavy atom. The highest BCUT2D eigenvalue weighted by Gasteiger charge is 2.22. The van der Waals surface area contributed by atoms with E-state index >= 15 is 0 Å². The van der Waals surface area contributed by atoms with Crippen LogP contribution in [0.3, 0.4) is 0 Å². The average Bonchev–Trinajstić information content (AvgIpc) is 3.20. The van der Waals surface area contributed by atoms with Gasteiger partial charge in [-0.15, -0.1) is 11.3 Å². The second kappa shape index (κ2) is 8.88. The fourth-order valence-electron chi connectivity index (χ4n) is 3.86. The molecule has 2 aromatic heterocycles. The highest BCUT2D eigenvalue weighted by molar-refractivity contribution is 7.14. The summed E-state index contributed by atoms with van der Waals surface area (Å²) < 4.78 is 1.40. The monoisotopic (exact) mass is 444 g/mol. The summed E-state index contributed by atoms with van der Waals surface area (Å²) in [5.41, 5.74) is 6.17. The number of carbonyl (C=O) groups excluding carboxylic acids is 1. The van der Waals surface area contributed by atoms with Crippen LogP contribution in [0, 0.1) is 20.8 Å². The van der Waals surface area contributed by atoms with E-state index in [0.29, 0.717) is 10.8 Å². The SMILES string of the molecule is CC(=O)N(c1nc(Cn2nc(-c3ccccc3)ccc2=O)cs1)c1c(C)cc(C)cc1C. The Kier molecular flexibility index (Phi) is 6.01. The first kappa shape index (κ1) is 21.6. The fraction of sp³-hybridized carbons (Fsp3) is 0.200. The molecule has 0 saturated heterocycles. The molecule has 2 heterocycles. The number of hydrogen-bond acceptors (Lipinski definition) is 5. The van der Waals surface area contributed by atoms with Gasteiger partial charge in [-0.1, -0.05) is 48.0 Å². The van der Waals surface area contributed by atoms with E-state index in [1.165, 1.54) is 29.0 Å². The van der Waals surface area contributed by atoms with E-state index in [2.05, 4.69) is 22.2 Å². The van der Waals surface area contributed by atoms with Crippen molar-refractivity contribution < 1.29 is 4.79 Å².